The van der Waals surface area contributed by atoms with Gasteiger partial charge in [0, 0.05) is 30.6 Å². The van der Waals surface area contributed by atoms with Crippen LogP contribution < -0.4 is 5.32 Å². The van der Waals surface area contributed by atoms with Crippen LogP contribution in [0.5, 0.6) is 0 Å². The van der Waals surface area contributed by atoms with Gasteiger partial charge >= 0.3 is 0 Å². The second-order valence-electron chi connectivity index (χ2n) is 6.56. The number of nitrogens with one attached hydrogen (secondary N) is 1. The lowest BCUT2D eigenvalue weighted by atomic mass is 9.61. The van der Waals surface area contributed by atoms with Crippen molar-refractivity contribution in [1.82, 2.24) is 9.62 Å². The molecule has 1 aromatic carbocycles. The van der Waals surface area contributed by atoms with E-state index in [0.29, 0.717) is 19.1 Å². The molecule has 2 N–H and O–H groups in total. The molecule has 1 aromatic rings. The zero-order chi connectivity index (χ0) is 16.0. The third-order valence-electron chi connectivity index (χ3n) is 4.63. The largest absolute Gasteiger partial charge is 0.395 e. The van der Waals surface area contributed by atoms with Gasteiger partial charge in [0.05, 0.1) is 6.61 Å². The van der Waals surface area contributed by atoms with E-state index in [1.165, 1.54) is 28.6 Å². The average molecular weight is 328 g/mol. The highest BCUT2D eigenvalue weighted by Gasteiger charge is 2.55. The number of sulfonamides is 1. The van der Waals surface area contributed by atoms with Crippen LogP contribution in [0.25, 0.3) is 0 Å². The number of rotatable bonds is 5. The van der Waals surface area contributed by atoms with E-state index in [4.69, 9.17) is 5.11 Å². The molecule has 5 nitrogen and oxygen atoms in total. The Morgan fingerprint density at radius 3 is 2.64 bits per heavy atom. The molecule has 1 saturated heterocycles. The smallest absolute Gasteiger partial charge is 0.246 e. The van der Waals surface area contributed by atoms with E-state index in [9.17, 15) is 12.8 Å². The third-order valence-corrected chi connectivity index (χ3v) is 6.46. The molecular weight excluding hydrogens is 307 g/mol. The predicted octanol–water partition coefficient (Wildman–Crippen LogP) is 0.949. The Morgan fingerprint density at radius 1 is 1.41 bits per heavy atom. The first-order valence-electron chi connectivity index (χ1n) is 7.48. The summed E-state index contributed by atoms with van der Waals surface area (Å²) in [5.74, 6) is -0.701. The van der Waals surface area contributed by atoms with E-state index < -0.39 is 15.8 Å². The maximum atomic E-state index is 13.7. The van der Waals surface area contributed by atoms with Crippen LogP contribution in [0.15, 0.2) is 29.2 Å². The summed E-state index contributed by atoms with van der Waals surface area (Å²) in [6, 6.07) is 5.88. The van der Waals surface area contributed by atoms with Gasteiger partial charge in [-0.15, -0.1) is 0 Å². The lowest BCUT2D eigenvalue weighted by Gasteiger charge is -2.58. The molecule has 0 amide bonds. The van der Waals surface area contributed by atoms with Crippen LogP contribution in [0, 0.1) is 11.2 Å². The number of hydrogen-bond donors (Lipinski definition) is 2. The minimum atomic E-state index is -3.73. The minimum Gasteiger partial charge on any atom is -0.395 e. The SMILES string of the molecule is C[C@H](CO)NC1CC2(C1)CN(S(=O)(=O)c1ccccc1F)C2. The first-order valence-corrected chi connectivity index (χ1v) is 8.92. The average Bonchev–Trinajstić information content (AvgIpc) is 2.39. The van der Waals surface area contributed by atoms with Crippen molar-refractivity contribution in [2.24, 2.45) is 5.41 Å². The van der Waals surface area contributed by atoms with Gasteiger partial charge in [0.25, 0.3) is 0 Å². The topological polar surface area (TPSA) is 69.6 Å². The summed E-state index contributed by atoms with van der Waals surface area (Å²) in [7, 11) is -3.73. The molecule has 122 valence electrons. The Bertz CT molecular complexity index is 651. The van der Waals surface area contributed by atoms with Crippen LogP contribution in [-0.4, -0.2) is 49.6 Å². The number of aliphatic hydroxyl groups excluding tert-OH is 1. The Morgan fingerprint density at radius 2 is 2.05 bits per heavy atom. The van der Waals surface area contributed by atoms with Crippen molar-refractivity contribution < 1.29 is 17.9 Å². The normalized spacial score (nSPS) is 23.0. The van der Waals surface area contributed by atoms with Crippen LogP contribution in [0.1, 0.15) is 19.8 Å². The summed E-state index contributed by atoms with van der Waals surface area (Å²) in [6.45, 7) is 2.92. The van der Waals surface area contributed by atoms with Crippen LogP contribution in [0.4, 0.5) is 4.39 Å². The number of halogens is 1. The van der Waals surface area contributed by atoms with Gasteiger partial charge in [-0.05, 0) is 31.9 Å². The molecule has 0 radical (unpaired) electrons. The predicted molar refractivity (Wildman–Crippen MR) is 80.3 cm³/mol. The molecule has 7 heteroatoms. The maximum Gasteiger partial charge on any atom is 0.246 e. The quantitative estimate of drug-likeness (QED) is 0.844. The standard InChI is InChI=1S/C15H21FN2O3S/c1-11(8-19)17-12-6-15(7-12)9-18(10-15)22(20,21)14-5-3-2-4-13(14)16/h2-5,11-12,17,19H,6-10H2,1H3/t11-/m1/s1. The molecule has 0 aromatic heterocycles. The first-order chi connectivity index (χ1) is 10.4. The fraction of sp³-hybridized carbons (Fsp3) is 0.600. The molecule has 1 spiro atoms. The van der Waals surface area contributed by atoms with E-state index in [1.54, 1.807) is 0 Å². The maximum absolute atomic E-state index is 13.7. The Balaban J connectivity index is 1.59. The van der Waals surface area contributed by atoms with Crippen molar-refractivity contribution in [2.75, 3.05) is 19.7 Å². The molecule has 0 unspecified atom stereocenters. The van der Waals surface area contributed by atoms with Crippen molar-refractivity contribution in [1.29, 1.82) is 0 Å². The van der Waals surface area contributed by atoms with Gasteiger partial charge in [0.15, 0.2) is 0 Å². The van der Waals surface area contributed by atoms with Crippen LogP contribution in [0.2, 0.25) is 0 Å². The highest BCUT2D eigenvalue weighted by molar-refractivity contribution is 7.89. The van der Waals surface area contributed by atoms with Crippen LogP contribution in [-0.2, 0) is 10.0 Å². The molecule has 2 aliphatic rings. The molecule has 1 heterocycles. The highest BCUT2D eigenvalue weighted by atomic mass is 32.2. The van der Waals surface area contributed by atoms with Crippen LogP contribution >= 0.6 is 0 Å². The Hall–Kier alpha value is -1.02. The van der Waals surface area contributed by atoms with Gasteiger partial charge in [-0.25, -0.2) is 12.8 Å². The first kappa shape index (κ1) is 15.9. The van der Waals surface area contributed by atoms with Gasteiger partial charge in [0.1, 0.15) is 10.7 Å². The lowest BCUT2D eigenvalue weighted by Crippen LogP contribution is -2.67. The molecule has 0 bridgehead atoms. The molecule has 3 rings (SSSR count). The van der Waals surface area contributed by atoms with Gasteiger partial charge in [-0.3, -0.25) is 0 Å². The van der Waals surface area contributed by atoms with E-state index in [0.717, 1.165) is 12.8 Å². The Labute approximate surface area is 130 Å². The molecule has 1 aliphatic heterocycles. The second-order valence-corrected chi connectivity index (χ2v) is 8.47. The van der Waals surface area contributed by atoms with Gasteiger partial charge in [-0.2, -0.15) is 4.31 Å². The van der Waals surface area contributed by atoms with E-state index in [2.05, 4.69) is 5.32 Å². The number of hydrogen-bond acceptors (Lipinski definition) is 4. The fourth-order valence-corrected chi connectivity index (χ4v) is 5.21. The van der Waals surface area contributed by atoms with Crippen molar-refractivity contribution in [3.8, 4) is 0 Å². The monoisotopic (exact) mass is 328 g/mol. The van der Waals surface area contributed by atoms with Crippen molar-refractivity contribution >= 4 is 10.0 Å². The number of aliphatic hydroxyl groups is 1. The van der Waals surface area contributed by atoms with Gasteiger partial charge in [-0.1, -0.05) is 12.1 Å². The Kier molecular flexibility index (Phi) is 4.01. The minimum absolute atomic E-state index is 0.0329. The van der Waals surface area contributed by atoms with E-state index in [1.807, 2.05) is 6.92 Å². The highest BCUT2D eigenvalue weighted by Crippen LogP contribution is 2.50. The fourth-order valence-electron chi connectivity index (χ4n) is 3.48. The molecule has 22 heavy (non-hydrogen) atoms. The lowest BCUT2D eigenvalue weighted by molar-refractivity contribution is -0.0378. The third kappa shape index (κ3) is 2.67. The molecule has 1 saturated carbocycles. The molecular formula is C15H21FN2O3S. The number of nitrogens with zero attached hydrogens (tertiary/aromatic N) is 1. The van der Waals surface area contributed by atoms with Crippen molar-refractivity contribution in [3.63, 3.8) is 0 Å². The summed E-state index contributed by atoms with van der Waals surface area (Å²) in [6.07, 6.45) is 1.81. The second kappa shape index (κ2) is 5.56. The summed E-state index contributed by atoms with van der Waals surface area (Å²) >= 11 is 0. The van der Waals surface area contributed by atoms with E-state index >= 15 is 0 Å². The summed E-state index contributed by atoms with van der Waals surface area (Å²) in [4.78, 5) is -0.243. The molecule has 2 fully saturated rings. The summed E-state index contributed by atoms with van der Waals surface area (Å²) in [5, 5.41) is 12.3. The summed E-state index contributed by atoms with van der Waals surface area (Å²) < 4.78 is 39.9. The molecule has 1 atom stereocenters. The summed E-state index contributed by atoms with van der Waals surface area (Å²) in [5.41, 5.74) is 0.0329. The zero-order valence-electron chi connectivity index (χ0n) is 12.5. The van der Waals surface area contributed by atoms with E-state index in [-0.39, 0.29) is 23.0 Å². The zero-order valence-corrected chi connectivity index (χ0v) is 13.3. The van der Waals surface area contributed by atoms with Crippen LogP contribution in [0.3, 0.4) is 0 Å². The number of benzene rings is 1. The van der Waals surface area contributed by atoms with Gasteiger partial charge in [0.2, 0.25) is 10.0 Å². The van der Waals surface area contributed by atoms with Gasteiger partial charge < -0.3 is 10.4 Å². The molecule has 1 aliphatic carbocycles. The van der Waals surface area contributed by atoms with Crippen molar-refractivity contribution in [3.05, 3.63) is 30.1 Å². The van der Waals surface area contributed by atoms with Crippen molar-refractivity contribution in [2.45, 2.75) is 36.7 Å².